The molecular formula is C31H28N2O4. The van der Waals surface area contributed by atoms with E-state index in [4.69, 9.17) is 4.74 Å². The zero-order valence-electron chi connectivity index (χ0n) is 21.0. The molecule has 1 N–H and O–H groups in total. The number of carbonyl (C=O) groups is 3. The van der Waals surface area contributed by atoms with Gasteiger partial charge in [0, 0.05) is 12.6 Å². The van der Waals surface area contributed by atoms with E-state index in [2.05, 4.69) is 5.32 Å². The molecule has 2 amide bonds. The van der Waals surface area contributed by atoms with Gasteiger partial charge in [-0.2, -0.15) is 0 Å². The first kappa shape index (κ1) is 25.4. The molecule has 6 heteroatoms. The number of nitrogens with zero attached hydrogens (tertiary/aromatic N) is 1. The first-order chi connectivity index (χ1) is 17.9. The minimum atomic E-state index is -0.507. The Morgan fingerprint density at radius 1 is 0.730 bits per heavy atom. The minimum absolute atomic E-state index is 0.226. The van der Waals surface area contributed by atoms with E-state index in [0.29, 0.717) is 22.5 Å². The van der Waals surface area contributed by atoms with Crippen molar-refractivity contribution in [1.82, 2.24) is 0 Å². The Labute approximate surface area is 216 Å². The van der Waals surface area contributed by atoms with E-state index in [0.717, 1.165) is 16.7 Å². The highest BCUT2D eigenvalue weighted by atomic mass is 16.5. The van der Waals surface area contributed by atoms with E-state index >= 15 is 0 Å². The van der Waals surface area contributed by atoms with Crippen LogP contribution >= 0.6 is 0 Å². The molecule has 4 rings (SSSR count). The summed E-state index contributed by atoms with van der Waals surface area (Å²) in [6.07, 6.45) is 0. The average molecular weight is 493 g/mol. The van der Waals surface area contributed by atoms with E-state index < -0.39 is 5.97 Å². The Morgan fingerprint density at radius 3 is 2.00 bits per heavy atom. The van der Waals surface area contributed by atoms with Crippen LogP contribution in [0.1, 0.15) is 43.6 Å². The van der Waals surface area contributed by atoms with Gasteiger partial charge in [0.15, 0.2) is 0 Å². The summed E-state index contributed by atoms with van der Waals surface area (Å²) in [5.74, 6) is -1.21. The maximum Gasteiger partial charge on any atom is 0.340 e. The van der Waals surface area contributed by atoms with Crippen molar-refractivity contribution in [2.45, 2.75) is 13.8 Å². The molecule has 37 heavy (non-hydrogen) atoms. The van der Waals surface area contributed by atoms with Crippen LogP contribution in [0.3, 0.4) is 0 Å². The molecule has 0 spiro atoms. The highest BCUT2D eigenvalue weighted by molar-refractivity contribution is 6.15. The lowest BCUT2D eigenvalue weighted by atomic mass is 9.95. The van der Waals surface area contributed by atoms with Crippen LogP contribution in [0.5, 0.6) is 0 Å². The highest BCUT2D eigenvalue weighted by Gasteiger charge is 2.23. The number of carbonyl (C=O) groups excluding carboxylic acids is 3. The maximum absolute atomic E-state index is 13.6. The van der Waals surface area contributed by atoms with Crippen molar-refractivity contribution in [3.05, 3.63) is 119 Å². The van der Waals surface area contributed by atoms with Gasteiger partial charge in [-0.15, -0.1) is 0 Å². The van der Waals surface area contributed by atoms with E-state index in [-0.39, 0.29) is 24.0 Å². The van der Waals surface area contributed by atoms with Gasteiger partial charge in [-0.25, -0.2) is 4.79 Å². The quantitative estimate of drug-likeness (QED) is 0.304. The summed E-state index contributed by atoms with van der Waals surface area (Å²) in [6, 6.07) is 28.9. The molecule has 0 unspecified atom stereocenters. The number of hydrogen-bond donors (Lipinski definition) is 1. The van der Waals surface area contributed by atoms with Gasteiger partial charge < -0.3 is 15.0 Å². The topological polar surface area (TPSA) is 75.7 Å². The van der Waals surface area contributed by atoms with E-state index in [1.54, 1.807) is 68.6 Å². The molecule has 0 saturated heterocycles. The molecule has 4 aromatic rings. The van der Waals surface area contributed by atoms with E-state index in [1.807, 2.05) is 49.4 Å². The van der Waals surface area contributed by atoms with Crippen molar-refractivity contribution in [2.24, 2.45) is 0 Å². The molecule has 0 radical (unpaired) electrons. The van der Waals surface area contributed by atoms with Crippen molar-refractivity contribution >= 4 is 29.2 Å². The number of nitrogens with one attached hydrogen (secondary N) is 1. The fraction of sp³-hybridized carbons (Fsp3) is 0.129. The van der Waals surface area contributed by atoms with Crippen molar-refractivity contribution < 1.29 is 19.1 Å². The molecule has 0 fully saturated rings. The predicted molar refractivity (Wildman–Crippen MR) is 146 cm³/mol. The maximum atomic E-state index is 13.6. The van der Waals surface area contributed by atoms with Crippen LogP contribution in [-0.2, 0) is 4.74 Å². The molecule has 4 aromatic carbocycles. The molecule has 0 atom stereocenters. The van der Waals surface area contributed by atoms with Crippen molar-refractivity contribution in [3.63, 3.8) is 0 Å². The lowest BCUT2D eigenvalue weighted by Crippen LogP contribution is -2.29. The number of para-hydroxylation sites is 2. The van der Waals surface area contributed by atoms with E-state index in [9.17, 15) is 14.4 Å². The fourth-order valence-electron chi connectivity index (χ4n) is 4.20. The monoisotopic (exact) mass is 492 g/mol. The Kier molecular flexibility index (Phi) is 7.79. The van der Waals surface area contributed by atoms with Gasteiger partial charge in [-0.3, -0.25) is 9.59 Å². The third-order valence-electron chi connectivity index (χ3n) is 6.08. The number of esters is 1. The highest BCUT2D eigenvalue weighted by Crippen LogP contribution is 2.29. The SMILES string of the molecule is CCOC(=O)c1ccccc1N(C)C(=O)c1ccccc1NC(=O)c1ccccc1-c1ccccc1C. The molecule has 0 aliphatic carbocycles. The second-order valence-electron chi connectivity index (χ2n) is 8.46. The second-order valence-corrected chi connectivity index (χ2v) is 8.46. The van der Waals surface area contributed by atoms with Gasteiger partial charge in [0.1, 0.15) is 0 Å². The summed E-state index contributed by atoms with van der Waals surface area (Å²) in [5, 5.41) is 2.92. The molecule has 0 saturated carbocycles. The number of amides is 2. The third kappa shape index (κ3) is 5.43. The summed E-state index contributed by atoms with van der Waals surface area (Å²) in [4.78, 5) is 40.9. The van der Waals surface area contributed by atoms with Crippen molar-refractivity contribution in [1.29, 1.82) is 0 Å². The summed E-state index contributed by atoms with van der Waals surface area (Å²) in [7, 11) is 1.59. The van der Waals surface area contributed by atoms with Crippen LogP contribution in [-0.4, -0.2) is 31.4 Å². The summed E-state index contributed by atoms with van der Waals surface area (Å²) >= 11 is 0. The van der Waals surface area contributed by atoms with Crippen molar-refractivity contribution in [2.75, 3.05) is 23.9 Å². The number of rotatable bonds is 7. The molecule has 0 aliphatic heterocycles. The standard InChI is InChI=1S/C31H28N2O4/c1-4-37-31(36)26-18-10-12-20-28(26)33(3)30(35)25-17-9-11-19-27(25)32-29(34)24-16-8-7-15-23(24)22-14-6-5-13-21(22)2/h5-20H,4H2,1-3H3,(H,32,34). The molecule has 0 heterocycles. The second kappa shape index (κ2) is 11.4. The molecule has 0 aromatic heterocycles. The zero-order valence-corrected chi connectivity index (χ0v) is 21.0. The smallest absolute Gasteiger partial charge is 0.340 e. The Bertz CT molecular complexity index is 1460. The van der Waals surface area contributed by atoms with Crippen LogP contribution in [0.15, 0.2) is 97.1 Å². The van der Waals surface area contributed by atoms with Crippen molar-refractivity contribution in [3.8, 4) is 11.1 Å². The van der Waals surface area contributed by atoms with Gasteiger partial charge in [0.2, 0.25) is 0 Å². The molecule has 186 valence electrons. The molecular weight excluding hydrogens is 464 g/mol. The van der Waals surface area contributed by atoms with Crippen LogP contribution in [0.25, 0.3) is 11.1 Å². The van der Waals surface area contributed by atoms with Gasteiger partial charge in [-0.1, -0.05) is 66.7 Å². The third-order valence-corrected chi connectivity index (χ3v) is 6.08. The van der Waals surface area contributed by atoms with Gasteiger partial charge in [0.05, 0.1) is 29.1 Å². The lowest BCUT2D eigenvalue weighted by molar-refractivity contribution is 0.0527. The van der Waals surface area contributed by atoms with Crippen LogP contribution in [0, 0.1) is 6.92 Å². The van der Waals surface area contributed by atoms with Gasteiger partial charge in [-0.05, 0) is 60.9 Å². The first-order valence-electron chi connectivity index (χ1n) is 12.0. The Balaban J connectivity index is 1.65. The number of anilines is 2. The Morgan fingerprint density at radius 2 is 1.30 bits per heavy atom. The normalized spacial score (nSPS) is 10.5. The van der Waals surface area contributed by atoms with E-state index in [1.165, 1.54) is 4.90 Å². The number of aryl methyl sites for hydroxylation is 1. The lowest BCUT2D eigenvalue weighted by Gasteiger charge is -2.22. The van der Waals surface area contributed by atoms with Gasteiger partial charge >= 0.3 is 5.97 Å². The average Bonchev–Trinajstić information content (AvgIpc) is 2.93. The number of ether oxygens (including phenoxy) is 1. The summed E-state index contributed by atoms with van der Waals surface area (Å²) in [5.41, 5.74) is 4.70. The van der Waals surface area contributed by atoms with Crippen LogP contribution < -0.4 is 10.2 Å². The number of benzene rings is 4. The summed E-state index contributed by atoms with van der Waals surface area (Å²) < 4.78 is 5.15. The molecule has 0 bridgehead atoms. The molecule has 6 nitrogen and oxygen atoms in total. The first-order valence-corrected chi connectivity index (χ1v) is 12.0. The summed E-state index contributed by atoms with van der Waals surface area (Å²) in [6.45, 7) is 3.96. The van der Waals surface area contributed by atoms with Gasteiger partial charge in [0.25, 0.3) is 11.8 Å². The predicted octanol–water partition coefficient (Wildman–Crippen LogP) is 6.37. The fourth-order valence-corrected chi connectivity index (χ4v) is 4.20. The zero-order chi connectivity index (χ0) is 26.4. The van der Waals surface area contributed by atoms with Crippen LogP contribution in [0.2, 0.25) is 0 Å². The molecule has 0 aliphatic rings. The minimum Gasteiger partial charge on any atom is -0.462 e. The Hall–Kier alpha value is -4.71. The largest absolute Gasteiger partial charge is 0.462 e. The number of hydrogen-bond acceptors (Lipinski definition) is 4. The van der Waals surface area contributed by atoms with Crippen LogP contribution in [0.4, 0.5) is 11.4 Å².